The van der Waals surface area contributed by atoms with Crippen LogP contribution in [0.4, 0.5) is 0 Å². The van der Waals surface area contributed by atoms with Crippen LogP contribution < -0.4 is 4.74 Å². The second-order valence-corrected chi connectivity index (χ2v) is 7.91. The van der Waals surface area contributed by atoms with Crippen LogP contribution >= 0.6 is 0 Å². The van der Waals surface area contributed by atoms with E-state index in [1.807, 2.05) is 41.1 Å². The van der Waals surface area contributed by atoms with Gasteiger partial charge in [-0.3, -0.25) is 9.59 Å². The van der Waals surface area contributed by atoms with Crippen molar-refractivity contribution in [3.63, 3.8) is 0 Å². The smallest absolute Gasteiger partial charge is 0.227 e. The van der Waals surface area contributed by atoms with Crippen LogP contribution in [0.15, 0.2) is 24.3 Å². The lowest BCUT2D eigenvalue weighted by atomic mass is 9.91. The summed E-state index contributed by atoms with van der Waals surface area (Å²) in [4.78, 5) is 29.2. The number of hydrogen-bond acceptors (Lipinski definition) is 3. The lowest BCUT2D eigenvalue weighted by molar-refractivity contribution is -0.143. The summed E-state index contributed by atoms with van der Waals surface area (Å²) in [6.45, 7) is 1.23. The molecule has 5 heteroatoms. The van der Waals surface area contributed by atoms with E-state index in [-0.39, 0.29) is 17.7 Å². The molecule has 2 amide bonds. The Kier molecular flexibility index (Phi) is 6.75. The summed E-state index contributed by atoms with van der Waals surface area (Å²) in [6.07, 6.45) is 7.94. The van der Waals surface area contributed by atoms with Crippen molar-refractivity contribution >= 4 is 11.8 Å². The molecule has 148 valence electrons. The molecule has 0 aromatic heterocycles. The van der Waals surface area contributed by atoms with Gasteiger partial charge in [-0.05, 0) is 43.4 Å². The van der Waals surface area contributed by atoms with Crippen molar-refractivity contribution in [2.45, 2.75) is 57.4 Å². The number of hydrogen-bond donors (Lipinski definition) is 0. The molecular formula is C22H32N2O3. The fraction of sp³-hybridized carbons (Fsp3) is 0.636. The zero-order valence-corrected chi connectivity index (χ0v) is 16.7. The Balaban J connectivity index is 1.54. The van der Waals surface area contributed by atoms with Crippen LogP contribution in [-0.2, 0) is 16.0 Å². The van der Waals surface area contributed by atoms with Gasteiger partial charge in [0.2, 0.25) is 11.8 Å². The van der Waals surface area contributed by atoms with Crippen LogP contribution in [-0.4, -0.2) is 54.9 Å². The van der Waals surface area contributed by atoms with Crippen LogP contribution in [0.25, 0.3) is 0 Å². The molecule has 1 atom stereocenters. The number of ether oxygens (including phenoxy) is 1. The summed E-state index contributed by atoms with van der Waals surface area (Å²) >= 11 is 0. The Morgan fingerprint density at radius 2 is 1.85 bits per heavy atom. The SMILES string of the molecule is COc1ccc(CCN2C[C@@H](C(=O)N(C)C3CCCCC3)CCC2=O)cc1. The van der Waals surface area contributed by atoms with E-state index >= 15 is 0 Å². The Bertz CT molecular complexity index is 637. The Morgan fingerprint density at radius 3 is 2.52 bits per heavy atom. The van der Waals surface area contributed by atoms with Gasteiger partial charge in [0, 0.05) is 32.6 Å². The molecule has 1 saturated carbocycles. The van der Waals surface area contributed by atoms with Gasteiger partial charge in [0.05, 0.1) is 13.0 Å². The number of methoxy groups -OCH3 is 1. The van der Waals surface area contributed by atoms with Crippen LogP contribution in [0.5, 0.6) is 5.75 Å². The Hall–Kier alpha value is -2.04. The minimum atomic E-state index is -0.0505. The molecule has 0 radical (unpaired) electrons. The monoisotopic (exact) mass is 372 g/mol. The van der Waals surface area contributed by atoms with Gasteiger partial charge in [0.25, 0.3) is 0 Å². The van der Waals surface area contributed by atoms with Gasteiger partial charge in [0.1, 0.15) is 5.75 Å². The van der Waals surface area contributed by atoms with Crippen molar-refractivity contribution in [2.75, 3.05) is 27.2 Å². The third kappa shape index (κ3) is 5.02. The van der Waals surface area contributed by atoms with Crippen molar-refractivity contribution in [3.05, 3.63) is 29.8 Å². The van der Waals surface area contributed by atoms with Gasteiger partial charge < -0.3 is 14.5 Å². The molecule has 0 spiro atoms. The number of carbonyl (C=O) groups is 2. The van der Waals surface area contributed by atoms with E-state index in [9.17, 15) is 9.59 Å². The lowest BCUT2D eigenvalue weighted by Crippen LogP contribution is -2.49. The first-order chi connectivity index (χ1) is 13.1. The highest BCUT2D eigenvalue weighted by molar-refractivity contribution is 5.84. The summed E-state index contributed by atoms with van der Waals surface area (Å²) in [7, 11) is 3.61. The van der Waals surface area contributed by atoms with Crippen molar-refractivity contribution in [1.82, 2.24) is 9.80 Å². The maximum absolute atomic E-state index is 13.0. The molecule has 1 aliphatic carbocycles. The highest BCUT2D eigenvalue weighted by atomic mass is 16.5. The number of amides is 2. The number of carbonyl (C=O) groups excluding carboxylic acids is 2. The van der Waals surface area contributed by atoms with Crippen molar-refractivity contribution < 1.29 is 14.3 Å². The van der Waals surface area contributed by atoms with E-state index in [4.69, 9.17) is 4.74 Å². The first-order valence-corrected chi connectivity index (χ1v) is 10.3. The van der Waals surface area contributed by atoms with Gasteiger partial charge in [0.15, 0.2) is 0 Å². The zero-order chi connectivity index (χ0) is 19.2. The largest absolute Gasteiger partial charge is 0.497 e. The number of likely N-dealkylation sites (tertiary alicyclic amines) is 1. The van der Waals surface area contributed by atoms with E-state index in [0.29, 0.717) is 32.0 Å². The molecule has 1 saturated heterocycles. The molecule has 0 unspecified atom stereocenters. The molecule has 2 aliphatic rings. The Labute approximate surface area is 162 Å². The predicted molar refractivity (Wildman–Crippen MR) is 106 cm³/mol. The predicted octanol–water partition coefficient (Wildman–Crippen LogP) is 3.27. The van der Waals surface area contributed by atoms with E-state index < -0.39 is 0 Å². The summed E-state index contributed by atoms with van der Waals surface area (Å²) < 4.78 is 5.19. The molecule has 0 N–H and O–H groups in total. The van der Waals surface area contributed by atoms with Crippen LogP contribution in [0.2, 0.25) is 0 Å². The standard InChI is InChI=1S/C22H32N2O3/c1-23(19-6-4-3-5-7-19)22(26)18-10-13-21(25)24(16-18)15-14-17-8-11-20(27-2)12-9-17/h8-9,11-12,18-19H,3-7,10,13-16H2,1-2H3/t18-/m0/s1. The topological polar surface area (TPSA) is 49.9 Å². The van der Waals surface area contributed by atoms with Gasteiger partial charge >= 0.3 is 0 Å². The van der Waals surface area contributed by atoms with Gasteiger partial charge in [-0.1, -0.05) is 31.4 Å². The van der Waals surface area contributed by atoms with Crippen molar-refractivity contribution in [2.24, 2.45) is 5.92 Å². The normalized spacial score (nSPS) is 21.2. The second-order valence-electron chi connectivity index (χ2n) is 7.91. The summed E-state index contributed by atoms with van der Waals surface area (Å²) in [5.41, 5.74) is 1.18. The number of piperidine rings is 1. The summed E-state index contributed by atoms with van der Waals surface area (Å²) in [5, 5.41) is 0. The van der Waals surface area contributed by atoms with Crippen LogP contribution in [0, 0.1) is 5.92 Å². The van der Waals surface area contributed by atoms with E-state index in [1.54, 1.807) is 7.11 Å². The molecule has 27 heavy (non-hydrogen) atoms. The molecular weight excluding hydrogens is 340 g/mol. The van der Waals surface area contributed by atoms with E-state index in [2.05, 4.69) is 0 Å². The minimum absolute atomic E-state index is 0.0505. The molecule has 0 bridgehead atoms. The van der Waals surface area contributed by atoms with Gasteiger partial charge in [-0.2, -0.15) is 0 Å². The van der Waals surface area contributed by atoms with E-state index in [0.717, 1.165) is 25.0 Å². The maximum Gasteiger partial charge on any atom is 0.227 e. The highest BCUT2D eigenvalue weighted by Gasteiger charge is 2.33. The average Bonchev–Trinajstić information content (AvgIpc) is 2.73. The van der Waals surface area contributed by atoms with Crippen LogP contribution in [0.1, 0.15) is 50.5 Å². The summed E-state index contributed by atoms with van der Waals surface area (Å²) in [5.74, 6) is 1.19. The molecule has 3 rings (SSSR count). The first kappa shape index (κ1) is 19.7. The molecule has 5 nitrogen and oxygen atoms in total. The zero-order valence-electron chi connectivity index (χ0n) is 16.7. The average molecular weight is 373 g/mol. The second kappa shape index (κ2) is 9.25. The number of benzene rings is 1. The minimum Gasteiger partial charge on any atom is -0.497 e. The number of rotatable bonds is 6. The first-order valence-electron chi connectivity index (χ1n) is 10.3. The molecule has 2 fully saturated rings. The third-order valence-corrected chi connectivity index (χ3v) is 6.15. The fourth-order valence-corrected chi connectivity index (χ4v) is 4.33. The molecule has 1 aromatic rings. The molecule has 1 heterocycles. The summed E-state index contributed by atoms with van der Waals surface area (Å²) in [6, 6.07) is 8.34. The quantitative estimate of drug-likeness (QED) is 0.770. The van der Waals surface area contributed by atoms with Crippen molar-refractivity contribution in [3.8, 4) is 5.75 Å². The van der Waals surface area contributed by atoms with Gasteiger partial charge in [-0.25, -0.2) is 0 Å². The molecule has 1 aliphatic heterocycles. The third-order valence-electron chi connectivity index (χ3n) is 6.15. The van der Waals surface area contributed by atoms with Gasteiger partial charge in [-0.15, -0.1) is 0 Å². The molecule has 1 aromatic carbocycles. The fourth-order valence-electron chi connectivity index (χ4n) is 4.33. The maximum atomic E-state index is 13.0. The highest BCUT2D eigenvalue weighted by Crippen LogP contribution is 2.26. The number of nitrogens with zero attached hydrogens (tertiary/aromatic N) is 2. The van der Waals surface area contributed by atoms with Crippen LogP contribution in [0.3, 0.4) is 0 Å². The lowest BCUT2D eigenvalue weighted by Gasteiger charge is -2.37. The Morgan fingerprint density at radius 1 is 1.15 bits per heavy atom. The van der Waals surface area contributed by atoms with E-state index in [1.165, 1.54) is 24.8 Å². The van der Waals surface area contributed by atoms with Crippen molar-refractivity contribution in [1.29, 1.82) is 0 Å².